The Balaban J connectivity index is 1.60. The van der Waals surface area contributed by atoms with Crippen LogP contribution < -0.4 is 5.32 Å². The fourth-order valence-corrected chi connectivity index (χ4v) is 3.09. The van der Waals surface area contributed by atoms with Crippen LogP contribution in [-0.2, 0) is 9.53 Å². The van der Waals surface area contributed by atoms with Gasteiger partial charge < -0.3 is 14.5 Å². The van der Waals surface area contributed by atoms with Crippen LogP contribution in [0.1, 0.15) is 29.5 Å². The van der Waals surface area contributed by atoms with Crippen LogP contribution in [0, 0.1) is 0 Å². The summed E-state index contributed by atoms with van der Waals surface area (Å²) in [6, 6.07) is 15.1. The minimum absolute atomic E-state index is 0.334. The van der Waals surface area contributed by atoms with Crippen molar-refractivity contribution in [1.29, 1.82) is 0 Å². The first-order chi connectivity index (χ1) is 14.5. The Bertz CT molecular complexity index is 1070. The average molecular weight is 444 g/mol. The van der Waals surface area contributed by atoms with Gasteiger partial charge in [0.05, 0.1) is 17.2 Å². The van der Waals surface area contributed by atoms with Gasteiger partial charge in [-0.15, -0.1) is 0 Å². The fraction of sp³-hybridized carbons (Fsp3) is 0.130. The highest BCUT2D eigenvalue weighted by molar-refractivity contribution is 6.36. The molecule has 0 unspecified atom stereocenters. The average Bonchev–Trinajstić information content (AvgIpc) is 3.20. The van der Waals surface area contributed by atoms with Crippen LogP contribution in [0.3, 0.4) is 0 Å². The van der Waals surface area contributed by atoms with E-state index >= 15 is 0 Å². The molecule has 7 heteroatoms. The van der Waals surface area contributed by atoms with Gasteiger partial charge >= 0.3 is 5.97 Å². The van der Waals surface area contributed by atoms with E-state index in [0.717, 1.165) is 6.42 Å². The van der Waals surface area contributed by atoms with Gasteiger partial charge in [0.15, 0.2) is 0 Å². The number of hydrogen-bond acceptors (Lipinski definition) is 4. The predicted octanol–water partition coefficient (Wildman–Crippen LogP) is 6.47. The molecule has 2 aromatic carbocycles. The Morgan fingerprint density at radius 3 is 2.53 bits per heavy atom. The Morgan fingerprint density at radius 2 is 1.83 bits per heavy atom. The van der Waals surface area contributed by atoms with Gasteiger partial charge in [-0.3, -0.25) is 4.79 Å². The highest BCUT2D eigenvalue weighted by atomic mass is 35.5. The second-order valence-electron chi connectivity index (χ2n) is 6.36. The maximum Gasteiger partial charge on any atom is 0.338 e. The molecule has 1 amide bonds. The number of carbonyl (C=O) groups is 2. The zero-order chi connectivity index (χ0) is 21.5. The number of esters is 1. The summed E-state index contributed by atoms with van der Waals surface area (Å²) >= 11 is 12.1. The minimum Gasteiger partial charge on any atom is -0.462 e. The molecule has 0 atom stereocenters. The van der Waals surface area contributed by atoms with Gasteiger partial charge in [0.2, 0.25) is 5.91 Å². The van der Waals surface area contributed by atoms with Gasteiger partial charge in [0.1, 0.15) is 11.5 Å². The van der Waals surface area contributed by atoms with Crippen LogP contribution in [0.5, 0.6) is 0 Å². The second kappa shape index (κ2) is 10.1. The molecule has 154 valence electrons. The summed E-state index contributed by atoms with van der Waals surface area (Å²) in [5, 5.41) is 3.74. The van der Waals surface area contributed by atoms with Crippen LogP contribution in [0.15, 0.2) is 65.1 Å². The third-order valence-corrected chi connectivity index (χ3v) is 4.60. The molecular weight excluding hydrogens is 425 g/mol. The lowest BCUT2D eigenvalue weighted by Crippen LogP contribution is -2.09. The third kappa shape index (κ3) is 5.75. The molecule has 1 aromatic heterocycles. The highest BCUT2D eigenvalue weighted by Crippen LogP contribution is 2.31. The SMILES string of the molecule is CCCOC(=O)c1ccc(NC(=O)/C=C/c2ccc(-c3ccc(Cl)cc3Cl)o2)cc1. The van der Waals surface area contributed by atoms with Crippen molar-refractivity contribution in [3.8, 4) is 11.3 Å². The van der Waals surface area contributed by atoms with E-state index in [2.05, 4.69) is 5.32 Å². The first-order valence-corrected chi connectivity index (χ1v) is 10.0. The van der Waals surface area contributed by atoms with Gasteiger partial charge in [-0.1, -0.05) is 30.1 Å². The summed E-state index contributed by atoms with van der Waals surface area (Å²) in [5.41, 5.74) is 1.70. The number of ether oxygens (including phenoxy) is 1. The molecule has 5 nitrogen and oxygen atoms in total. The predicted molar refractivity (Wildman–Crippen MR) is 119 cm³/mol. The standard InChI is InChI=1S/C23H19Cl2NO4/c1-2-13-29-23(28)15-3-6-17(7-4-15)26-22(27)12-9-18-8-11-21(30-18)19-10-5-16(24)14-20(19)25/h3-12,14H,2,13H2,1H3,(H,26,27)/b12-9+. The van der Waals surface area contributed by atoms with E-state index in [-0.39, 0.29) is 11.9 Å². The lowest BCUT2D eigenvalue weighted by Gasteiger charge is -2.05. The molecule has 1 N–H and O–H groups in total. The van der Waals surface area contributed by atoms with E-state index in [0.29, 0.717) is 45.0 Å². The largest absolute Gasteiger partial charge is 0.462 e. The Kier molecular flexibility index (Phi) is 7.33. The molecule has 0 aliphatic carbocycles. The molecule has 0 saturated heterocycles. The number of hydrogen-bond donors (Lipinski definition) is 1. The summed E-state index contributed by atoms with van der Waals surface area (Å²) < 4.78 is 10.8. The van der Waals surface area contributed by atoms with Crippen molar-refractivity contribution in [2.24, 2.45) is 0 Å². The molecule has 1 heterocycles. The molecule has 3 rings (SSSR count). The van der Waals surface area contributed by atoms with E-state index in [9.17, 15) is 9.59 Å². The molecule has 0 fully saturated rings. The van der Waals surface area contributed by atoms with Crippen LogP contribution in [-0.4, -0.2) is 18.5 Å². The van der Waals surface area contributed by atoms with E-state index in [1.807, 2.05) is 6.92 Å². The van der Waals surface area contributed by atoms with Gasteiger partial charge in [-0.25, -0.2) is 4.79 Å². The number of amides is 1. The summed E-state index contributed by atoms with van der Waals surface area (Å²) in [7, 11) is 0. The second-order valence-corrected chi connectivity index (χ2v) is 7.21. The highest BCUT2D eigenvalue weighted by Gasteiger charge is 2.09. The van der Waals surface area contributed by atoms with Crippen LogP contribution >= 0.6 is 23.2 Å². The maximum atomic E-state index is 12.1. The van der Waals surface area contributed by atoms with E-state index in [4.69, 9.17) is 32.4 Å². The summed E-state index contributed by atoms with van der Waals surface area (Å²) in [6.45, 7) is 2.30. The summed E-state index contributed by atoms with van der Waals surface area (Å²) in [6.07, 6.45) is 3.67. The number of rotatable bonds is 7. The summed E-state index contributed by atoms with van der Waals surface area (Å²) in [5.74, 6) is 0.352. The molecular formula is C23H19Cl2NO4. The number of anilines is 1. The number of halogens is 2. The van der Waals surface area contributed by atoms with Crippen molar-refractivity contribution in [2.75, 3.05) is 11.9 Å². The molecule has 0 spiro atoms. The third-order valence-electron chi connectivity index (χ3n) is 4.05. The van der Waals surface area contributed by atoms with Crippen molar-refractivity contribution in [1.82, 2.24) is 0 Å². The van der Waals surface area contributed by atoms with E-state index in [1.54, 1.807) is 60.7 Å². The normalized spacial score (nSPS) is 10.9. The lowest BCUT2D eigenvalue weighted by molar-refractivity contribution is -0.111. The zero-order valence-corrected chi connectivity index (χ0v) is 17.7. The minimum atomic E-state index is -0.385. The maximum absolute atomic E-state index is 12.1. The lowest BCUT2D eigenvalue weighted by atomic mass is 10.2. The quantitative estimate of drug-likeness (QED) is 0.335. The Hall–Kier alpha value is -3.02. The number of benzene rings is 2. The monoisotopic (exact) mass is 443 g/mol. The van der Waals surface area contributed by atoms with Gasteiger partial charge in [-0.2, -0.15) is 0 Å². The van der Waals surface area contributed by atoms with Gasteiger partial charge in [-0.05, 0) is 67.1 Å². The van der Waals surface area contributed by atoms with Crippen LogP contribution in [0.2, 0.25) is 10.0 Å². The van der Waals surface area contributed by atoms with Gasteiger partial charge in [0, 0.05) is 22.3 Å². The smallest absolute Gasteiger partial charge is 0.338 e. The van der Waals surface area contributed by atoms with Crippen molar-refractivity contribution in [3.63, 3.8) is 0 Å². The number of furan rings is 1. The molecule has 30 heavy (non-hydrogen) atoms. The molecule has 3 aromatic rings. The van der Waals surface area contributed by atoms with Crippen LogP contribution in [0.25, 0.3) is 17.4 Å². The summed E-state index contributed by atoms with van der Waals surface area (Å²) in [4.78, 5) is 23.9. The number of carbonyl (C=O) groups excluding carboxylic acids is 2. The van der Waals surface area contributed by atoms with Crippen molar-refractivity contribution in [3.05, 3.63) is 82.0 Å². The molecule has 0 aliphatic rings. The fourth-order valence-electron chi connectivity index (χ4n) is 2.59. The van der Waals surface area contributed by atoms with E-state index < -0.39 is 0 Å². The zero-order valence-electron chi connectivity index (χ0n) is 16.2. The topological polar surface area (TPSA) is 68.5 Å². The first-order valence-electron chi connectivity index (χ1n) is 9.28. The van der Waals surface area contributed by atoms with Crippen molar-refractivity contribution >= 4 is 46.8 Å². The Labute approximate surface area is 184 Å². The van der Waals surface area contributed by atoms with Crippen LogP contribution in [0.4, 0.5) is 5.69 Å². The molecule has 0 aliphatic heterocycles. The van der Waals surface area contributed by atoms with Crippen molar-refractivity contribution in [2.45, 2.75) is 13.3 Å². The van der Waals surface area contributed by atoms with Gasteiger partial charge in [0.25, 0.3) is 0 Å². The number of nitrogens with one attached hydrogen (secondary N) is 1. The van der Waals surface area contributed by atoms with Crippen molar-refractivity contribution < 1.29 is 18.7 Å². The van der Waals surface area contributed by atoms with E-state index in [1.165, 1.54) is 6.08 Å². The molecule has 0 radical (unpaired) electrons. The molecule has 0 bridgehead atoms. The molecule has 0 saturated carbocycles. The first kappa shape index (κ1) is 21.7. The Morgan fingerprint density at radius 1 is 1.07 bits per heavy atom.